The number of sulfonamides is 2. The van der Waals surface area contributed by atoms with E-state index in [1.54, 1.807) is 99.7 Å². The zero-order chi connectivity index (χ0) is 61.6. The lowest BCUT2D eigenvalue weighted by Gasteiger charge is -2.08. The third kappa shape index (κ3) is 15.3. The van der Waals surface area contributed by atoms with Crippen LogP contribution in [-0.2, 0) is 80.8 Å². The van der Waals surface area contributed by atoms with Crippen molar-refractivity contribution in [3.05, 3.63) is 177 Å². The second-order valence-electron chi connectivity index (χ2n) is 19.5. The molecule has 6 heterocycles. The minimum absolute atomic E-state index is 0.0242. The minimum atomic E-state index is -3.71. The highest BCUT2D eigenvalue weighted by Crippen LogP contribution is 2.25. The van der Waals surface area contributed by atoms with E-state index in [0.29, 0.717) is 59.3 Å². The molecule has 11 aromatic rings. The molecule has 1 atom stereocenters. The molecule has 11 rings (SSSR count). The molecule has 0 aliphatic heterocycles. The monoisotopic (exact) mass is 1310 g/mol. The van der Waals surface area contributed by atoms with Crippen LogP contribution in [0.3, 0.4) is 0 Å². The molecule has 0 fully saturated rings. The maximum absolute atomic E-state index is 12.7. The van der Waals surface area contributed by atoms with Gasteiger partial charge in [-0.2, -0.15) is 0 Å². The molecule has 6 aromatic heterocycles. The second kappa shape index (κ2) is 26.9. The van der Waals surface area contributed by atoms with E-state index < -0.39 is 45.8 Å². The van der Waals surface area contributed by atoms with Gasteiger partial charge in [-0.3, -0.25) is 40.0 Å². The van der Waals surface area contributed by atoms with Gasteiger partial charge in [0, 0.05) is 70.8 Å². The average molecular weight is 1310 g/mol. The van der Waals surface area contributed by atoms with Crippen LogP contribution < -0.4 is 28.4 Å². The lowest BCUT2D eigenvalue weighted by atomic mass is 10.1. The smallest absolute Gasteiger partial charge is 0.257 e. The first kappa shape index (κ1) is 64.2. The number of hydrogen-bond acceptors (Lipinski definition) is 18. The van der Waals surface area contributed by atoms with Crippen LogP contribution in [0, 0.1) is 0 Å². The highest BCUT2D eigenvalue weighted by Gasteiger charge is 2.21. The normalized spacial score (nSPS) is 12.5. The average Bonchev–Trinajstić information content (AvgIpc) is 3.77. The second-order valence-corrected chi connectivity index (χ2v) is 31.6. The SMILES string of the molecule is CC(O)CNS(=O)(=O)c1ccc2c(c1)c(=O)sn2C.CCNS(=O)(=O)c1ccc2c(c1)c(=O)sn2C.Cn1sc(=O)c2cc(S(=O)(=O)CCCc3c[nH]c4ccccc34)ccc21.Cn1sc(=O)c2cc(S(=O)(=O)CCCc3ccncc3)ccc21. The van der Waals surface area contributed by atoms with Crippen LogP contribution in [0.4, 0.5) is 0 Å². The number of nitrogens with zero attached hydrogens (tertiary/aromatic N) is 5. The van der Waals surface area contributed by atoms with Gasteiger partial charge in [-0.25, -0.2) is 43.1 Å². The van der Waals surface area contributed by atoms with Gasteiger partial charge in [0.25, 0.3) is 19.0 Å². The number of H-pyrrole nitrogens is 1. The van der Waals surface area contributed by atoms with Crippen molar-refractivity contribution in [2.45, 2.75) is 65.2 Å². The number of sulfone groups is 2. The molecular weight excluding hydrogens is 1250 g/mol. The molecule has 0 spiro atoms. The van der Waals surface area contributed by atoms with Crippen molar-refractivity contribution in [2.24, 2.45) is 28.2 Å². The number of nitrogens with one attached hydrogen (secondary N) is 3. The first-order chi connectivity index (χ1) is 40.2. The Hall–Kier alpha value is -6.77. The summed E-state index contributed by atoms with van der Waals surface area (Å²) in [5.74, 6) is 0.119. The number of rotatable bonds is 17. The Morgan fingerprint density at radius 3 is 1.33 bits per heavy atom. The minimum Gasteiger partial charge on any atom is -0.392 e. The largest absolute Gasteiger partial charge is 0.392 e. The first-order valence-electron chi connectivity index (χ1n) is 26.2. The van der Waals surface area contributed by atoms with E-state index in [9.17, 15) is 52.8 Å². The number of aromatic nitrogens is 6. The highest BCUT2D eigenvalue weighted by molar-refractivity contribution is 7.91. The lowest BCUT2D eigenvalue weighted by molar-refractivity contribution is 0.198. The number of para-hydroxylation sites is 1. The fraction of sp³-hybridized carbons (Fsp3) is 0.268. The Morgan fingerprint density at radius 1 is 0.518 bits per heavy atom. The Morgan fingerprint density at radius 2 is 0.906 bits per heavy atom. The number of aromatic amines is 1. The zero-order valence-corrected chi connectivity index (χ0v) is 53.2. The van der Waals surface area contributed by atoms with Crippen LogP contribution in [0.1, 0.15) is 37.8 Å². The van der Waals surface area contributed by atoms with Crippen molar-refractivity contribution >= 4 is 140 Å². The van der Waals surface area contributed by atoms with Gasteiger partial charge in [0.05, 0.1) is 80.8 Å². The van der Waals surface area contributed by atoms with Crippen LogP contribution in [-0.4, -0.2) is 95.3 Å². The summed E-state index contributed by atoms with van der Waals surface area (Å²) in [6.45, 7) is 3.45. The van der Waals surface area contributed by atoms with Crippen molar-refractivity contribution in [3.63, 3.8) is 0 Å². The number of fused-ring (bicyclic) bond motifs is 5. The van der Waals surface area contributed by atoms with E-state index in [1.165, 1.54) is 43.3 Å². The van der Waals surface area contributed by atoms with E-state index in [2.05, 4.69) is 19.4 Å². The Labute approximate surface area is 505 Å². The zero-order valence-electron chi connectivity index (χ0n) is 46.7. The summed E-state index contributed by atoms with van der Waals surface area (Å²) in [7, 11) is -6.92. The first-order valence-corrected chi connectivity index (χ1v) is 35.5. The molecule has 0 saturated carbocycles. The third-order valence-corrected chi connectivity index (χ3v) is 23.4. The summed E-state index contributed by atoms with van der Waals surface area (Å²) < 4.78 is 109. The molecule has 29 heteroatoms. The van der Waals surface area contributed by atoms with E-state index >= 15 is 0 Å². The molecular formula is C56H60N8O13S8. The van der Waals surface area contributed by atoms with E-state index in [-0.39, 0.29) is 56.6 Å². The van der Waals surface area contributed by atoms with Crippen molar-refractivity contribution in [3.8, 4) is 0 Å². The third-order valence-electron chi connectivity index (χ3n) is 13.4. The van der Waals surface area contributed by atoms with Gasteiger partial charge in [-0.1, -0.05) is 25.1 Å². The van der Waals surface area contributed by atoms with Crippen molar-refractivity contribution in [1.29, 1.82) is 0 Å². The van der Waals surface area contributed by atoms with Crippen LogP contribution >= 0.6 is 46.1 Å². The van der Waals surface area contributed by atoms with Crippen LogP contribution in [0.2, 0.25) is 0 Å². The van der Waals surface area contributed by atoms with E-state index in [1.807, 2.05) is 42.6 Å². The van der Waals surface area contributed by atoms with Gasteiger partial charge in [-0.05, 0) is 181 Å². The predicted molar refractivity (Wildman–Crippen MR) is 339 cm³/mol. The quantitative estimate of drug-likeness (QED) is 0.0711. The number of pyridine rings is 1. The Kier molecular flexibility index (Phi) is 20.3. The number of aliphatic hydroxyl groups excluding tert-OH is 1. The molecule has 21 nitrogen and oxygen atoms in total. The molecule has 0 saturated heterocycles. The van der Waals surface area contributed by atoms with Crippen molar-refractivity contribution in [1.82, 2.24) is 35.2 Å². The van der Waals surface area contributed by atoms with Gasteiger partial charge < -0.3 is 10.1 Å². The fourth-order valence-electron chi connectivity index (χ4n) is 9.05. The molecule has 1 unspecified atom stereocenters. The predicted octanol–water partition coefficient (Wildman–Crippen LogP) is 7.05. The van der Waals surface area contributed by atoms with Gasteiger partial charge in [0.1, 0.15) is 0 Å². The van der Waals surface area contributed by atoms with Crippen LogP contribution in [0.15, 0.2) is 167 Å². The van der Waals surface area contributed by atoms with E-state index in [4.69, 9.17) is 5.11 Å². The molecule has 85 heavy (non-hydrogen) atoms. The highest BCUT2D eigenvalue weighted by atomic mass is 32.2. The number of aliphatic hydroxyl groups is 1. The fourth-order valence-corrected chi connectivity index (χ4v) is 17.0. The number of aryl methyl sites for hydroxylation is 6. The Bertz CT molecular complexity index is 4960. The molecule has 450 valence electrons. The summed E-state index contributed by atoms with van der Waals surface area (Å²) in [6.07, 6.45) is 7.01. The Balaban J connectivity index is 0.000000149. The molecule has 5 aromatic carbocycles. The van der Waals surface area contributed by atoms with Crippen molar-refractivity contribution in [2.75, 3.05) is 24.6 Å². The molecule has 0 bridgehead atoms. The van der Waals surface area contributed by atoms with Crippen LogP contribution in [0.5, 0.6) is 0 Å². The standard InChI is InChI=1S/C19H18N2O3S2.C16H16N2O3S2.C11H14N2O4S2.C10H12N2O3S2/c1-21-18-9-8-14(11-16(18)19(22)25-21)26(23,24)10-4-5-13-12-20-17-7-3-2-6-15(13)17;1-18-15-5-4-13(11-14(15)16(19)22-18)23(20,21)10-2-3-12-6-8-17-9-7-12;1-7(14)6-12-19(16,17)8-3-4-10-9(5-8)11(15)18-13(10)2;1-3-11-17(14,15)7-4-5-9-8(6-7)10(13)16-12(9)2/h2-3,6-9,11-12,20H,4-5,10H2,1H3;4-9,11H,2-3,10H2,1H3;3-5,7,12,14H,6H2,1-2H3;4-6,11H,3H2,1-2H3. The van der Waals surface area contributed by atoms with Gasteiger partial charge in [-0.15, -0.1) is 0 Å². The van der Waals surface area contributed by atoms with Crippen LogP contribution in [0.25, 0.3) is 54.5 Å². The molecule has 0 aliphatic carbocycles. The summed E-state index contributed by atoms with van der Waals surface area (Å²) >= 11 is 4.25. The summed E-state index contributed by atoms with van der Waals surface area (Å²) in [4.78, 5) is 54.9. The number of hydrogen-bond donors (Lipinski definition) is 4. The lowest BCUT2D eigenvalue weighted by Crippen LogP contribution is -2.30. The maximum Gasteiger partial charge on any atom is 0.257 e. The van der Waals surface area contributed by atoms with Gasteiger partial charge in [0.15, 0.2) is 19.7 Å². The summed E-state index contributed by atoms with van der Waals surface area (Å²) in [5, 5.41) is 12.0. The molecule has 0 aliphatic rings. The number of benzene rings is 5. The molecule has 0 radical (unpaired) electrons. The maximum atomic E-state index is 12.7. The van der Waals surface area contributed by atoms with Gasteiger partial charge in [0.2, 0.25) is 20.0 Å². The molecule has 4 N–H and O–H groups in total. The topological polar surface area (TPSA) is 298 Å². The van der Waals surface area contributed by atoms with E-state index in [0.717, 1.165) is 84.7 Å². The van der Waals surface area contributed by atoms with Gasteiger partial charge >= 0.3 is 0 Å². The van der Waals surface area contributed by atoms with Crippen molar-refractivity contribution < 1.29 is 38.8 Å². The summed E-state index contributed by atoms with van der Waals surface area (Å²) in [5.41, 5.74) is 6.22. The molecule has 0 amide bonds. The summed E-state index contributed by atoms with van der Waals surface area (Å²) in [6, 6.07) is 30.3.